The largest absolute Gasteiger partial charge is 0.378 e. The van der Waals surface area contributed by atoms with E-state index < -0.39 is 0 Å². The van der Waals surface area contributed by atoms with E-state index in [0.717, 1.165) is 32.4 Å². The molecule has 3 nitrogen and oxygen atoms in total. The minimum absolute atomic E-state index is 0.205. The molecule has 2 aliphatic rings. The van der Waals surface area contributed by atoms with Gasteiger partial charge in [-0.25, -0.2) is 0 Å². The van der Waals surface area contributed by atoms with Crippen LogP contribution in [0.3, 0.4) is 0 Å². The van der Waals surface area contributed by atoms with Crippen LogP contribution in [0.2, 0.25) is 0 Å². The molecule has 1 fully saturated rings. The highest BCUT2D eigenvalue weighted by Gasteiger charge is 2.34. The van der Waals surface area contributed by atoms with Gasteiger partial charge in [0.1, 0.15) is 0 Å². The molecule has 1 aliphatic carbocycles. The summed E-state index contributed by atoms with van der Waals surface area (Å²) in [5.41, 5.74) is 9.52. The normalized spacial score (nSPS) is 32.3. The van der Waals surface area contributed by atoms with Gasteiger partial charge < -0.3 is 15.0 Å². The van der Waals surface area contributed by atoms with Crippen molar-refractivity contribution in [3.8, 4) is 0 Å². The van der Waals surface area contributed by atoms with Crippen LogP contribution in [0, 0.1) is 11.3 Å². The first-order valence-corrected chi connectivity index (χ1v) is 8.05. The van der Waals surface area contributed by atoms with E-state index >= 15 is 0 Å². The molecule has 2 heterocycles. The number of hydrogen-bond acceptors (Lipinski definition) is 2. The minimum atomic E-state index is 0.205. The van der Waals surface area contributed by atoms with Crippen LogP contribution in [0.15, 0.2) is 12.3 Å². The van der Waals surface area contributed by atoms with Crippen LogP contribution in [-0.4, -0.2) is 17.3 Å². The first-order chi connectivity index (χ1) is 9.50. The van der Waals surface area contributed by atoms with Crippen LogP contribution < -0.4 is 5.73 Å². The number of nitrogens with zero attached hydrogens (tertiary/aromatic N) is 1. The van der Waals surface area contributed by atoms with Crippen LogP contribution >= 0.6 is 0 Å². The van der Waals surface area contributed by atoms with Crippen LogP contribution in [0.5, 0.6) is 0 Å². The van der Waals surface area contributed by atoms with E-state index in [1.165, 1.54) is 17.7 Å². The van der Waals surface area contributed by atoms with Gasteiger partial charge in [-0.2, -0.15) is 0 Å². The zero-order valence-electron chi connectivity index (χ0n) is 13.1. The maximum Gasteiger partial charge on any atom is 0.0618 e. The molecule has 1 aliphatic heterocycles. The average Bonchev–Trinajstić information content (AvgIpc) is 2.96. The monoisotopic (exact) mass is 276 g/mol. The Kier molecular flexibility index (Phi) is 3.67. The van der Waals surface area contributed by atoms with Crippen molar-refractivity contribution in [3.63, 3.8) is 0 Å². The summed E-state index contributed by atoms with van der Waals surface area (Å²) >= 11 is 0. The maximum atomic E-state index is 6.36. The third-order valence-electron chi connectivity index (χ3n) is 5.11. The van der Waals surface area contributed by atoms with Gasteiger partial charge in [0.05, 0.1) is 6.10 Å². The summed E-state index contributed by atoms with van der Waals surface area (Å²) < 4.78 is 8.29. The number of rotatable bonds is 3. The van der Waals surface area contributed by atoms with Gasteiger partial charge in [0, 0.05) is 37.0 Å². The van der Waals surface area contributed by atoms with Crippen molar-refractivity contribution in [2.24, 2.45) is 17.1 Å². The lowest BCUT2D eigenvalue weighted by Gasteiger charge is -2.35. The molecule has 0 aromatic carbocycles. The second-order valence-electron chi connectivity index (χ2n) is 7.39. The molecule has 3 unspecified atom stereocenters. The molecule has 1 aromatic heterocycles. The number of fused-ring (bicyclic) bond motifs is 1. The standard InChI is InChI=1S/C17H28N2O/c1-4-16-12(6-8-20-16)11-19-7-5-13-14(18)9-17(2,3)10-15(13)19/h5,7,12,14,16H,4,6,8-11,18H2,1-3H3. The van der Waals surface area contributed by atoms with Crippen LogP contribution in [0.25, 0.3) is 0 Å². The summed E-state index contributed by atoms with van der Waals surface area (Å²) in [7, 11) is 0. The fraction of sp³-hybridized carbons (Fsp3) is 0.765. The van der Waals surface area contributed by atoms with Gasteiger partial charge in [0.15, 0.2) is 0 Å². The molecule has 0 spiro atoms. The van der Waals surface area contributed by atoms with E-state index in [2.05, 4.69) is 37.6 Å². The number of hydrogen-bond donors (Lipinski definition) is 1. The SMILES string of the molecule is CCC1OCCC1Cn1ccc2c1CC(C)(C)CC2N. The van der Waals surface area contributed by atoms with Gasteiger partial charge in [-0.15, -0.1) is 0 Å². The summed E-state index contributed by atoms with van der Waals surface area (Å²) in [6, 6.07) is 2.45. The highest BCUT2D eigenvalue weighted by molar-refractivity contribution is 5.30. The molecular formula is C17H28N2O. The van der Waals surface area contributed by atoms with E-state index in [0.29, 0.717) is 17.4 Å². The first kappa shape index (κ1) is 14.2. The van der Waals surface area contributed by atoms with Gasteiger partial charge in [-0.3, -0.25) is 0 Å². The van der Waals surface area contributed by atoms with Crippen molar-refractivity contribution in [2.75, 3.05) is 6.61 Å². The van der Waals surface area contributed by atoms with Crippen molar-refractivity contribution >= 4 is 0 Å². The average molecular weight is 276 g/mol. The number of ether oxygens (including phenoxy) is 1. The number of nitrogens with two attached hydrogens (primary N) is 1. The molecule has 3 heteroatoms. The summed E-state index contributed by atoms with van der Waals surface area (Å²) in [4.78, 5) is 0. The fourth-order valence-electron chi connectivity index (χ4n) is 4.07. The Morgan fingerprint density at radius 1 is 1.45 bits per heavy atom. The molecule has 0 saturated carbocycles. The maximum absolute atomic E-state index is 6.36. The lowest BCUT2D eigenvalue weighted by molar-refractivity contribution is 0.0831. The van der Waals surface area contributed by atoms with E-state index in [1.54, 1.807) is 0 Å². The Morgan fingerprint density at radius 3 is 3.00 bits per heavy atom. The Labute approximate surface area is 122 Å². The molecule has 1 saturated heterocycles. The quantitative estimate of drug-likeness (QED) is 0.920. The van der Waals surface area contributed by atoms with Gasteiger partial charge in [-0.05, 0) is 42.7 Å². The van der Waals surface area contributed by atoms with Crippen molar-refractivity contribution in [1.82, 2.24) is 4.57 Å². The molecule has 112 valence electrons. The molecule has 3 atom stereocenters. The second kappa shape index (κ2) is 5.19. The Bertz CT molecular complexity index is 477. The summed E-state index contributed by atoms with van der Waals surface area (Å²) in [6.07, 6.45) is 7.25. The molecule has 0 radical (unpaired) electrons. The van der Waals surface area contributed by atoms with Gasteiger partial charge in [0.25, 0.3) is 0 Å². The van der Waals surface area contributed by atoms with Gasteiger partial charge in [-0.1, -0.05) is 20.8 Å². The van der Waals surface area contributed by atoms with Crippen molar-refractivity contribution in [1.29, 1.82) is 0 Å². The third-order valence-corrected chi connectivity index (χ3v) is 5.11. The van der Waals surface area contributed by atoms with Crippen LogP contribution in [-0.2, 0) is 17.7 Å². The predicted octanol–water partition coefficient (Wildman–Crippen LogP) is 3.28. The number of aromatic nitrogens is 1. The van der Waals surface area contributed by atoms with Crippen LogP contribution in [0.4, 0.5) is 0 Å². The first-order valence-electron chi connectivity index (χ1n) is 8.05. The zero-order valence-corrected chi connectivity index (χ0v) is 13.1. The van der Waals surface area contributed by atoms with Crippen molar-refractivity contribution in [2.45, 2.75) is 65.1 Å². The molecule has 0 amide bonds. The summed E-state index contributed by atoms with van der Waals surface area (Å²) in [6.45, 7) is 8.92. The highest BCUT2D eigenvalue weighted by atomic mass is 16.5. The Hall–Kier alpha value is -0.800. The third kappa shape index (κ3) is 2.53. The van der Waals surface area contributed by atoms with E-state index in [-0.39, 0.29) is 6.04 Å². The van der Waals surface area contributed by atoms with E-state index in [9.17, 15) is 0 Å². The van der Waals surface area contributed by atoms with Gasteiger partial charge in [0.2, 0.25) is 0 Å². The topological polar surface area (TPSA) is 40.2 Å². The second-order valence-corrected chi connectivity index (χ2v) is 7.39. The molecule has 3 rings (SSSR count). The lowest BCUT2D eigenvalue weighted by atomic mass is 9.74. The molecular weight excluding hydrogens is 248 g/mol. The minimum Gasteiger partial charge on any atom is -0.378 e. The smallest absolute Gasteiger partial charge is 0.0618 e. The predicted molar refractivity (Wildman–Crippen MR) is 81.6 cm³/mol. The molecule has 1 aromatic rings. The molecule has 20 heavy (non-hydrogen) atoms. The Morgan fingerprint density at radius 2 is 2.25 bits per heavy atom. The van der Waals surface area contributed by atoms with Crippen molar-refractivity contribution in [3.05, 3.63) is 23.5 Å². The summed E-state index contributed by atoms with van der Waals surface area (Å²) in [5.74, 6) is 0.665. The van der Waals surface area contributed by atoms with Gasteiger partial charge >= 0.3 is 0 Å². The summed E-state index contributed by atoms with van der Waals surface area (Å²) in [5, 5.41) is 0. The zero-order chi connectivity index (χ0) is 14.3. The molecule has 0 bridgehead atoms. The highest BCUT2D eigenvalue weighted by Crippen LogP contribution is 2.40. The van der Waals surface area contributed by atoms with E-state index in [4.69, 9.17) is 10.5 Å². The molecule has 2 N–H and O–H groups in total. The van der Waals surface area contributed by atoms with E-state index in [1.807, 2.05) is 0 Å². The van der Waals surface area contributed by atoms with Crippen LogP contribution in [0.1, 0.15) is 57.3 Å². The Balaban J connectivity index is 1.82. The lowest BCUT2D eigenvalue weighted by Crippen LogP contribution is -2.31. The van der Waals surface area contributed by atoms with Crippen molar-refractivity contribution < 1.29 is 4.74 Å². The fourth-order valence-corrected chi connectivity index (χ4v) is 4.07.